The summed E-state index contributed by atoms with van der Waals surface area (Å²) < 4.78 is 5.15. The number of non-ortho nitro benzene ring substituents is 1. The van der Waals surface area contributed by atoms with Gasteiger partial charge in [-0.2, -0.15) is 0 Å². The fourth-order valence-corrected chi connectivity index (χ4v) is 1.72. The van der Waals surface area contributed by atoms with Crippen LogP contribution in [-0.4, -0.2) is 18.1 Å². The number of nitro groups is 1. The summed E-state index contributed by atoms with van der Waals surface area (Å²) in [6.07, 6.45) is 0. The van der Waals surface area contributed by atoms with E-state index in [4.69, 9.17) is 16.3 Å². The lowest BCUT2D eigenvalue weighted by Gasteiger charge is -2.12. The van der Waals surface area contributed by atoms with E-state index in [2.05, 4.69) is 5.32 Å². The van der Waals surface area contributed by atoms with Crippen LogP contribution in [0.1, 0.15) is 19.4 Å². The van der Waals surface area contributed by atoms with Gasteiger partial charge in [0.1, 0.15) is 5.75 Å². The lowest BCUT2D eigenvalue weighted by atomic mass is 10.1. The average Bonchev–Trinajstić information content (AvgIpc) is 2.25. The van der Waals surface area contributed by atoms with Gasteiger partial charge in [0, 0.05) is 30.3 Å². The largest absolute Gasteiger partial charge is 0.495 e. The van der Waals surface area contributed by atoms with Gasteiger partial charge in [0.15, 0.2) is 0 Å². The van der Waals surface area contributed by atoms with Crippen LogP contribution in [0.5, 0.6) is 5.75 Å². The molecule has 0 amide bonds. The van der Waals surface area contributed by atoms with Gasteiger partial charge in [0.2, 0.25) is 0 Å². The molecule has 0 aromatic heterocycles. The molecule has 1 aromatic carbocycles. The molecule has 1 rings (SSSR count). The maximum Gasteiger partial charge on any atom is 0.271 e. The number of nitrogens with zero attached hydrogens (tertiary/aromatic N) is 1. The molecule has 1 aromatic rings. The highest BCUT2D eigenvalue weighted by Crippen LogP contribution is 2.33. The van der Waals surface area contributed by atoms with Crippen LogP contribution >= 0.6 is 11.6 Å². The summed E-state index contributed by atoms with van der Waals surface area (Å²) in [7, 11) is 1.49. The Labute approximate surface area is 105 Å². The molecule has 6 heteroatoms. The zero-order valence-corrected chi connectivity index (χ0v) is 10.7. The summed E-state index contributed by atoms with van der Waals surface area (Å²) in [4.78, 5) is 10.3. The van der Waals surface area contributed by atoms with Crippen molar-refractivity contribution in [2.45, 2.75) is 26.4 Å². The molecule has 0 radical (unpaired) electrons. The van der Waals surface area contributed by atoms with Crippen LogP contribution in [0.2, 0.25) is 5.02 Å². The van der Waals surface area contributed by atoms with Crippen molar-refractivity contribution in [1.82, 2.24) is 5.32 Å². The van der Waals surface area contributed by atoms with Crippen molar-refractivity contribution in [2.24, 2.45) is 0 Å². The Morgan fingerprint density at radius 1 is 1.53 bits per heavy atom. The summed E-state index contributed by atoms with van der Waals surface area (Å²) in [5.74, 6) is 0.477. The Morgan fingerprint density at radius 3 is 2.65 bits per heavy atom. The number of methoxy groups -OCH3 is 1. The highest BCUT2D eigenvalue weighted by atomic mass is 35.5. The van der Waals surface area contributed by atoms with Crippen LogP contribution in [0.25, 0.3) is 0 Å². The van der Waals surface area contributed by atoms with E-state index in [1.165, 1.54) is 19.2 Å². The molecule has 0 saturated heterocycles. The predicted molar refractivity (Wildman–Crippen MR) is 66.6 cm³/mol. The first kappa shape index (κ1) is 13.7. The number of hydrogen-bond donors (Lipinski definition) is 1. The van der Waals surface area contributed by atoms with Gasteiger partial charge in [-0.3, -0.25) is 10.1 Å². The molecule has 0 saturated carbocycles. The molecule has 0 heterocycles. The second-order valence-electron chi connectivity index (χ2n) is 3.91. The number of rotatable bonds is 5. The van der Waals surface area contributed by atoms with Crippen molar-refractivity contribution >= 4 is 17.3 Å². The van der Waals surface area contributed by atoms with Gasteiger partial charge in [-0.15, -0.1) is 0 Å². The van der Waals surface area contributed by atoms with Crippen molar-refractivity contribution in [2.75, 3.05) is 7.11 Å². The van der Waals surface area contributed by atoms with Crippen LogP contribution in [0.15, 0.2) is 12.1 Å². The third-order valence-corrected chi connectivity index (χ3v) is 2.50. The standard InChI is InChI=1S/C11H15ClN2O3/c1-7(2)13-6-8-4-9(14(15)16)5-10(12)11(8)17-3/h4-5,7,13H,6H2,1-3H3. The van der Waals surface area contributed by atoms with Crippen LogP contribution in [-0.2, 0) is 6.54 Å². The lowest BCUT2D eigenvalue weighted by molar-refractivity contribution is -0.384. The number of nitrogens with one attached hydrogen (secondary N) is 1. The third kappa shape index (κ3) is 3.57. The Kier molecular flexibility index (Phi) is 4.72. The van der Waals surface area contributed by atoms with Crippen LogP contribution in [0, 0.1) is 10.1 Å². The molecule has 0 aliphatic heterocycles. The fraction of sp³-hybridized carbons (Fsp3) is 0.455. The van der Waals surface area contributed by atoms with Gasteiger partial charge in [-0.25, -0.2) is 0 Å². The molecule has 5 nitrogen and oxygen atoms in total. The average molecular weight is 259 g/mol. The second-order valence-corrected chi connectivity index (χ2v) is 4.32. The van der Waals surface area contributed by atoms with Gasteiger partial charge in [-0.05, 0) is 0 Å². The van der Waals surface area contributed by atoms with Crippen LogP contribution in [0.3, 0.4) is 0 Å². The number of hydrogen-bond acceptors (Lipinski definition) is 4. The number of nitro benzene ring substituents is 1. The minimum Gasteiger partial charge on any atom is -0.495 e. The maximum absolute atomic E-state index is 10.7. The van der Waals surface area contributed by atoms with Crippen LogP contribution in [0.4, 0.5) is 5.69 Å². The fourth-order valence-electron chi connectivity index (χ4n) is 1.41. The number of halogens is 1. The molecular weight excluding hydrogens is 244 g/mol. The van der Waals surface area contributed by atoms with Gasteiger partial charge < -0.3 is 10.1 Å². The molecule has 0 bridgehead atoms. The number of benzene rings is 1. The zero-order chi connectivity index (χ0) is 13.0. The van der Waals surface area contributed by atoms with Crippen molar-refractivity contribution in [3.05, 3.63) is 32.8 Å². The van der Waals surface area contributed by atoms with Crippen molar-refractivity contribution in [3.8, 4) is 5.75 Å². The molecule has 0 spiro atoms. The van der Waals surface area contributed by atoms with Gasteiger partial charge in [0.05, 0.1) is 17.1 Å². The second kappa shape index (κ2) is 5.84. The Balaban J connectivity index is 3.10. The monoisotopic (exact) mass is 258 g/mol. The summed E-state index contributed by atoms with van der Waals surface area (Å²) in [6, 6.07) is 3.04. The van der Waals surface area contributed by atoms with E-state index in [1.54, 1.807) is 0 Å². The topological polar surface area (TPSA) is 64.4 Å². The van der Waals surface area contributed by atoms with E-state index >= 15 is 0 Å². The molecule has 17 heavy (non-hydrogen) atoms. The Hall–Kier alpha value is -1.33. The first-order chi connectivity index (χ1) is 7.95. The molecule has 0 aliphatic rings. The lowest BCUT2D eigenvalue weighted by Crippen LogP contribution is -2.22. The normalized spacial score (nSPS) is 10.6. The molecular formula is C11H15ClN2O3. The molecule has 94 valence electrons. The zero-order valence-electron chi connectivity index (χ0n) is 9.99. The smallest absolute Gasteiger partial charge is 0.271 e. The third-order valence-electron chi connectivity index (χ3n) is 2.22. The Morgan fingerprint density at radius 2 is 2.18 bits per heavy atom. The predicted octanol–water partition coefficient (Wildman–Crippen LogP) is 2.75. The maximum atomic E-state index is 10.7. The van der Waals surface area contributed by atoms with Gasteiger partial charge in [0.25, 0.3) is 5.69 Å². The minimum atomic E-state index is -0.468. The van der Waals surface area contributed by atoms with Gasteiger partial charge in [-0.1, -0.05) is 25.4 Å². The highest BCUT2D eigenvalue weighted by molar-refractivity contribution is 6.32. The van der Waals surface area contributed by atoms with E-state index in [9.17, 15) is 10.1 Å². The minimum absolute atomic E-state index is 0.0312. The summed E-state index contributed by atoms with van der Waals surface area (Å²) in [5, 5.41) is 14.1. The quantitative estimate of drug-likeness (QED) is 0.652. The molecule has 0 unspecified atom stereocenters. The van der Waals surface area contributed by atoms with Crippen molar-refractivity contribution < 1.29 is 9.66 Å². The molecule has 1 N–H and O–H groups in total. The van der Waals surface area contributed by atoms with Crippen molar-refractivity contribution in [3.63, 3.8) is 0 Å². The molecule has 0 aliphatic carbocycles. The first-order valence-electron chi connectivity index (χ1n) is 5.20. The van der Waals surface area contributed by atoms with Gasteiger partial charge >= 0.3 is 0 Å². The van der Waals surface area contributed by atoms with E-state index < -0.39 is 4.92 Å². The van der Waals surface area contributed by atoms with Crippen molar-refractivity contribution in [1.29, 1.82) is 0 Å². The molecule has 0 fully saturated rings. The first-order valence-corrected chi connectivity index (χ1v) is 5.57. The van der Waals surface area contributed by atoms with Crippen LogP contribution < -0.4 is 10.1 Å². The summed E-state index contributed by atoms with van der Waals surface area (Å²) >= 11 is 5.94. The number of ether oxygens (including phenoxy) is 1. The van der Waals surface area contributed by atoms with E-state index in [0.29, 0.717) is 17.9 Å². The van der Waals surface area contributed by atoms with E-state index in [0.717, 1.165) is 0 Å². The molecule has 0 atom stereocenters. The Bertz CT molecular complexity index is 421. The highest BCUT2D eigenvalue weighted by Gasteiger charge is 2.16. The SMILES string of the molecule is COc1c(Cl)cc([N+](=O)[O-])cc1CNC(C)C. The van der Waals surface area contributed by atoms with E-state index in [1.807, 2.05) is 13.8 Å². The summed E-state index contributed by atoms with van der Waals surface area (Å²) in [6.45, 7) is 4.46. The summed E-state index contributed by atoms with van der Waals surface area (Å²) in [5.41, 5.74) is 0.650. The van der Waals surface area contributed by atoms with E-state index in [-0.39, 0.29) is 16.8 Å².